The molecule has 0 spiro atoms. The lowest BCUT2D eigenvalue weighted by Crippen LogP contribution is -2.41. The highest BCUT2D eigenvalue weighted by atomic mass is 32.2. The van der Waals surface area contributed by atoms with Crippen LogP contribution in [0.2, 0.25) is 0 Å². The van der Waals surface area contributed by atoms with Crippen LogP contribution in [0.4, 0.5) is 5.00 Å². The van der Waals surface area contributed by atoms with E-state index in [9.17, 15) is 18.0 Å². The standard InChI is InChI=1S/C23H28N2O5S2/c1-2-30-23(27)20-18-10-6-7-11-19(18)31-22(20)24-21(26)16-12-14-25(15-13-16)32(28,29)17-8-4-3-5-9-17/h3-5,8-9,16H,2,6-7,10-15H2,1H3,(H,24,26). The van der Waals surface area contributed by atoms with E-state index in [1.807, 2.05) is 0 Å². The molecule has 2 heterocycles. The number of nitrogens with one attached hydrogen (secondary N) is 1. The molecule has 1 aromatic carbocycles. The van der Waals surface area contributed by atoms with Gasteiger partial charge in [0.15, 0.2) is 0 Å². The Balaban J connectivity index is 1.45. The zero-order valence-electron chi connectivity index (χ0n) is 18.1. The molecule has 1 fully saturated rings. The number of nitrogens with zero attached hydrogens (tertiary/aromatic N) is 1. The van der Waals surface area contributed by atoms with Crippen molar-refractivity contribution in [2.75, 3.05) is 25.0 Å². The first-order valence-corrected chi connectivity index (χ1v) is 13.3. The van der Waals surface area contributed by atoms with Gasteiger partial charge < -0.3 is 10.1 Å². The zero-order valence-corrected chi connectivity index (χ0v) is 19.8. The number of anilines is 1. The summed E-state index contributed by atoms with van der Waals surface area (Å²) in [7, 11) is -3.55. The van der Waals surface area contributed by atoms with Gasteiger partial charge in [0.1, 0.15) is 5.00 Å². The van der Waals surface area contributed by atoms with Crippen LogP contribution in [0.15, 0.2) is 35.2 Å². The van der Waals surface area contributed by atoms with Crippen molar-refractivity contribution in [1.82, 2.24) is 4.31 Å². The SMILES string of the molecule is CCOC(=O)c1c(NC(=O)C2CCN(S(=O)(=O)c3ccccc3)CC2)sc2c1CCCC2. The van der Waals surface area contributed by atoms with Gasteiger partial charge in [-0.3, -0.25) is 4.79 Å². The Morgan fingerprint density at radius 3 is 2.50 bits per heavy atom. The Labute approximate surface area is 192 Å². The average molecular weight is 477 g/mol. The van der Waals surface area contributed by atoms with Gasteiger partial charge in [-0.05, 0) is 63.1 Å². The zero-order chi connectivity index (χ0) is 22.7. The van der Waals surface area contributed by atoms with Crippen LogP contribution in [-0.2, 0) is 32.4 Å². The molecule has 172 valence electrons. The van der Waals surface area contributed by atoms with E-state index in [1.54, 1.807) is 37.3 Å². The number of carbonyl (C=O) groups is 2. The number of hydrogen-bond donors (Lipinski definition) is 1. The number of esters is 1. The Morgan fingerprint density at radius 2 is 1.81 bits per heavy atom. The quantitative estimate of drug-likeness (QED) is 0.640. The highest BCUT2D eigenvalue weighted by Gasteiger charge is 2.33. The molecule has 4 rings (SSSR count). The minimum absolute atomic E-state index is 0.161. The lowest BCUT2D eigenvalue weighted by Gasteiger charge is -2.30. The third kappa shape index (κ3) is 4.60. The van der Waals surface area contributed by atoms with Gasteiger partial charge in [-0.15, -0.1) is 11.3 Å². The Kier molecular flexibility index (Phi) is 6.97. The van der Waals surface area contributed by atoms with E-state index in [1.165, 1.54) is 15.6 Å². The van der Waals surface area contributed by atoms with Gasteiger partial charge in [0, 0.05) is 23.9 Å². The lowest BCUT2D eigenvalue weighted by molar-refractivity contribution is -0.120. The summed E-state index contributed by atoms with van der Waals surface area (Å²) >= 11 is 1.47. The van der Waals surface area contributed by atoms with Crippen molar-refractivity contribution in [3.05, 3.63) is 46.3 Å². The number of amides is 1. The van der Waals surface area contributed by atoms with Gasteiger partial charge in [0.05, 0.1) is 17.1 Å². The number of rotatable bonds is 6. The number of hydrogen-bond acceptors (Lipinski definition) is 6. The van der Waals surface area contributed by atoms with E-state index in [0.29, 0.717) is 36.5 Å². The van der Waals surface area contributed by atoms with Gasteiger partial charge in [0.25, 0.3) is 0 Å². The van der Waals surface area contributed by atoms with Crippen molar-refractivity contribution in [3.63, 3.8) is 0 Å². The molecule has 0 radical (unpaired) electrons. The van der Waals surface area contributed by atoms with E-state index < -0.39 is 10.0 Å². The summed E-state index contributed by atoms with van der Waals surface area (Å²) in [6.45, 7) is 2.64. The molecule has 32 heavy (non-hydrogen) atoms. The van der Waals surface area contributed by atoms with Gasteiger partial charge in [-0.1, -0.05) is 18.2 Å². The number of aryl methyl sites for hydroxylation is 1. The third-order valence-electron chi connectivity index (χ3n) is 6.09. The van der Waals surface area contributed by atoms with Crippen molar-refractivity contribution >= 4 is 38.2 Å². The maximum atomic E-state index is 13.0. The topological polar surface area (TPSA) is 92.8 Å². The number of thiophene rings is 1. The van der Waals surface area contributed by atoms with Crippen molar-refractivity contribution in [3.8, 4) is 0 Å². The van der Waals surface area contributed by atoms with Crippen LogP contribution in [0, 0.1) is 5.92 Å². The minimum Gasteiger partial charge on any atom is -0.462 e. The highest BCUT2D eigenvalue weighted by molar-refractivity contribution is 7.89. The molecule has 0 bridgehead atoms. The molecule has 1 amide bonds. The van der Waals surface area contributed by atoms with E-state index >= 15 is 0 Å². The van der Waals surface area contributed by atoms with E-state index in [0.717, 1.165) is 36.1 Å². The second-order valence-electron chi connectivity index (χ2n) is 8.12. The van der Waals surface area contributed by atoms with Crippen LogP contribution in [0.25, 0.3) is 0 Å². The molecule has 1 N–H and O–H groups in total. The van der Waals surface area contributed by atoms with Crippen LogP contribution in [-0.4, -0.2) is 44.3 Å². The molecule has 2 aromatic rings. The van der Waals surface area contributed by atoms with E-state index in [4.69, 9.17) is 4.74 Å². The fourth-order valence-corrected chi connectivity index (χ4v) is 7.16. The minimum atomic E-state index is -3.55. The fourth-order valence-electron chi connectivity index (χ4n) is 4.39. The van der Waals surface area contributed by atoms with Crippen LogP contribution >= 0.6 is 11.3 Å². The lowest BCUT2D eigenvalue weighted by atomic mass is 9.95. The molecule has 0 saturated carbocycles. The smallest absolute Gasteiger partial charge is 0.341 e. The summed E-state index contributed by atoms with van der Waals surface area (Å²) in [5, 5.41) is 3.54. The third-order valence-corrected chi connectivity index (χ3v) is 9.21. The molecular formula is C23H28N2O5S2. The number of ether oxygens (including phenoxy) is 1. The van der Waals surface area contributed by atoms with Gasteiger partial charge in [-0.2, -0.15) is 4.31 Å². The second kappa shape index (κ2) is 9.72. The van der Waals surface area contributed by atoms with E-state index in [-0.39, 0.29) is 29.3 Å². The summed E-state index contributed by atoms with van der Waals surface area (Å²) in [4.78, 5) is 27.0. The fraction of sp³-hybridized carbons (Fsp3) is 0.478. The van der Waals surface area contributed by atoms with Gasteiger partial charge >= 0.3 is 5.97 Å². The Hall–Kier alpha value is -2.23. The number of sulfonamides is 1. The molecule has 1 aromatic heterocycles. The molecule has 7 nitrogen and oxygen atoms in total. The molecule has 1 aliphatic heterocycles. The summed E-state index contributed by atoms with van der Waals surface area (Å²) in [5.74, 6) is -0.844. The van der Waals surface area contributed by atoms with Crippen molar-refractivity contribution in [1.29, 1.82) is 0 Å². The predicted octanol–water partition coefficient (Wildman–Crippen LogP) is 3.84. The van der Waals surface area contributed by atoms with Crippen molar-refractivity contribution in [2.45, 2.75) is 50.3 Å². The Bertz CT molecular complexity index is 1090. The van der Waals surface area contributed by atoms with Gasteiger partial charge in [-0.25, -0.2) is 13.2 Å². The van der Waals surface area contributed by atoms with E-state index in [2.05, 4.69) is 5.32 Å². The highest BCUT2D eigenvalue weighted by Crippen LogP contribution is 2.39. The molecular weight excluding hydrogens is 448 g/mol. The number of fused-ring (bicyclic) bond motifs is 1. The summed E-state index contributed by atoms with van der Waals surface area (Å²) in [6, 6.07) is 8.36. The average Bonchev–Trinajstić information content (AvgIpc) is 3.17. The summed E-state index contributed by atoms with van der Waals surface area (Å²) in [6.07, 6.45) is 4.73. The molecule has 2 aliphatic rings. The molecule has 9 heteroatoms. The number of carbonyl (C=O) groups excluding carboxylic acids is 2. The maximum Gasteiger partial charge on any atom is 0.341 e. The molecule has 1 aliphatic carbocycles. The molecule has 0 unspecified atom stereocenters. The van der Waals surface area contributed by atoms with Crippen LogP contribution in [0.3, 0.4) is 0 Å². The first-order valence-electron chi connectivity index (χ1n) is 11.1. The van der Waals surface area contributed by atoms with Crippen LogP contribution in [0.5, 0.6) is 0 Å². The molecule has 0 atom stereocenters. The number of benzene rings is 1. The molecule has 1 saturated heterocycles. The Morgan fingerprint density at radius 1 is 1.12 bits per heavy atom. The monoisotopic (exact) mass is 476 g/mol. The van der Waals surface area contributed by atoms with Crippen molar-refractivity contribution < 1.29 is 22.7 Å². The summed E-state index contributed by atoms with van der Waals surface area (Å²) in [5.41, 5.74) is 1.52. The van der Waals surface area contributed by atoms with Crippen LogP contribution < -0.4 is 5.32 Å². The normalized spacial score (nSPS) is 17.5. The second-order valence-corrected chi connectivity index (χ2v) is 11.2. The first-order chi connectivity index (χ1) is 15.4. The largest absolute Gasteiger partial charge is 0.462 e. The predicted molar refractivity (Wildman–Crippen MR) is 123 cm³/mol. The number of piperidine rings is 1. The summed E-state index contributed by atoms with van der Waals surface area (Å²) < 4.78 is 32.3. The van der Waals surface area contributed by atoms with Gasteiger partial charge in [0.2, 0.25) is 15.9 Å². The van der Waals surface area contributed by atoms with Crippen molar-refractivity contribution in [2.24, 2.45) is 5.92 Å². The first kappa shape index (κ1) is 22.9. The van der Waals surface area contributed by atoms with Crippen LogP contribution in [0.1, 0.15) is 53.4 Å². The maximum absolute atomic E-state index is 13.0.